The molecule has 8 heteroatoms. The summed E-state index contributed by atoms with van der Waals surface area (Å²) in [5.41, 5.74) is 4.80. The summed E-state index contributed by atoms with van der Waals surface area (Å²) in [5.74, 6) is -1.89. The molecular formula is C19H18BrN3O4. The van der Waals surface area contributed by atoms with E-state index in [1.54, 1.807) is 6.08 Å². The van der Waals surface area contributed by atoms with E-state index >= 15 is 0 Å². The minimum absolute atomic E-state index is 0.0634. The molecule has 27 heavy (non-hydrogen) atoms. The number of nitrogens with zero attached hydrogens (tertiary/aromatic N) is 2. The number of carboxylic acids is 1. The third kappa shape index (κ3) is 3.52. The molecule has 1 aliphatic heterocycles. The number of carbonyl (C=O) groups is 3. The largest absolute Gasteiger partial charge is 0.480 e. The van der Waals surface area contributed by atoms with Gasteiger partial charge in [0.05, 0.1) is 0 Å². The average Bonchev–Trinajstić information content (AvgIpc) is 3.01. The SMILES string of the molecule is Cc1cc(-n2c(C)cc(/C=C3/NC(=O)N(CC(=O)O)C3=O)c2C)ccc1Br. The molecule has 1 aromatic heterocycles. The molecule has 7 nitrogen and oxygen atoms in total. The van der Waals surface area contributed by atoms with Gasteiger partial charge in [0.15, 0.2) is 0 Å². The zero-order valence-electron chi connectivity index (χ0n) is 15.0. The Balaban J connectivity index is 1.99. The van der Waals surface area contributed by atoms with Crippen LogP contribution in [0.5, 0.6) is 0 Å². The fourth-order valence-corrected chi connectivity index (χ4v) is 3.35. The monoisotopic (exact) mass is 431 g/mol. The zero-order chi connectivity index (χ0) is 19.9. The second kappa shape index (κ2) is 7.03. The fourth-order valence-electron chi connectivity index (χ4n) is 3.10. The van der Waals surface area contributed by atoms with Gasteiger partial charge in [0, 0.05) is 21.5 Å². The number of urea groups is 1. The Morgan fingerprint density at radius 2 is 1.93 bits per heavy atom. The second-order valence-corrected chi connectivity index (χ2v) is 7.22. The Morgan fingerprint density at radius 3 is 2.56 bits per heavy atom. The van der Waals surface area contributed by atoms with E-state index in [0.717, 1.165) is 32.7 Å². The van der Waals surface area contributed by atoms with Gasteiger partial charge in [0.25, 0.3) is 5.91 Å². The Kier molecular flexibility index (Phi) is 4.93. The summed E-state index contributed by atoms with van der Waals surface area (Å²) < 4.78 is 3.08. The Labute approximate surface area is 164 Å². The summed E-state index contributed by atoms with van der Waals surface area (Å²) in [6, 6.07) is 7.21. The van der Waals surface area contributed by atoms with E-state index in [4.69, 9.17) is 5.11 Å². The van der Waals surface area contributed by atoms with Crippen molar-refractivity contribution in [2.45, 2.75) is 20.8 Å². The number of aromatic nitrogens is 1. The molecule has 3 rings (SSSR count). The molecule has 1 aromatic carbocycles. The summed E-state index contributed by atoms with van der Waals surface area (Å²) in [5, 5.41) is 11.3. The van der Waals surface area contributed by atoms with Crippen molar-refractivity contribution in [1.82, 2.24) is 14.8 Å². The highest BCUT2D eigenvalue weighted by molar-refractivity contribution is 9.10. The quantitative estimate of drug-likeness (QED) is 0.574. The summed E-state index contributed by atoms with van der Waals surface area (Å²) in [6.07, 6.45) is 1.58. The number of hydrogen-bond donors (Lipinski definition) is 2. The maximum atomic E-state index is 12.3. The van der Waals surface area contributed by atoms with Gasteiger partial charge in [-0.1, -0.05) is 15.9 Å². The van der Waals surface area contributed by atoms with Crippen molar-refractivity contribution in [2.24, 2.45) is 0 Å². The number of imide groups is 1. The van der Waals surface area contributed by atoms with Crippen molar-refractivity contribution in [3.63, 3.8) is 0 Å². The van der Waals surface area contributed by atoms with Crippen LogP contribution in [-0.4, -0.2) is 39.0 Å². The maximum absolute atomic E-state index is 12.3. The number of amides is 3. The highest BCUT2D eigenvalue weighted by Crippen LogP contribution is 2.26. The van der Waals surface area contributed by atoms with E-state index in [2.05, 4.69) is 31.9 Å². The second-order valence-electron chi connectivity index (χ2n) is 6.37. The maximum Gasteiger partial charge on any atom is 0.329 e. The number of hydrogen-bond acceptors (Lipinski definition) is 3. The Hall–Kier alpha value is -2.87. The molecule has 1 aliphatic rings. The van der Waals surface area contributed by atoms with Gasteiger partial charge in [-0.3, -0.25) is 9.59 Å². The first-order valence-electron chi connectivity index (χ1n) is 8.21. The van der Waals surface area contributed by atoms with Crippen LogP contribution in [0.25, 0.3) is 11.8 Å². The van der Waals surface area contributed by atoms with Crippen LogP contribution in [0, 0.1) is 20.8 Å². The van der Waals surface area contributed by atoms with Gasteiger partial charge in [-0.15, -0.1) is 0 Å². The number of aryl methyl sites for hydroxylation is 2. The van der Waals surface area contributed by atoms with Crippen molar-refractivity contribution in [2.75, 3.05) is 6.54 Å². The molecule has 0 spiro atoms. The van der Waals surface area contributed by atoms with Crippen molar-refractivity contribution in [3.8, 4) is 5.69 Å². The highest BCUT2D eigenvalue weighted by atomic mass is 79.9. The first-order chi connectivity index (χ1) is 12.7. The highest BCUT2D eigenvalue weighted by Gasteiger charge is 2.35. The number of carboxylic acid groups (broad SMARTS) is 1. The molecule has 2 N–H and O–H groups in total. The normalized spacial score (nSPS) is 15.6. The molecule has 0 bridgehead atoms. The molecule has 2 heterocycles. The molecule has 140 valence electrons. The van der Waals surface area contributed by atoms with Crippen LogP contribution in [-0.2, 0) is 9.59 Å². The standard InChI is InChI=1S/C19H18BrN3O4/c1-10-6-14(4-5-15(10)20)23-11(2)7-13(12(23)3)8-16-18(26)22(9-17(24)25)19(27)21-16/h4-8H,9H2,1-3H3,(H,21,27)(H,24,25)/b16-8+. The first kappa shape index (κ1) is 18.9. The fraction of sp³-hybridized carbons (Fsp3) is 0.211. The zero-order valence-corrected chi connectivity index (χ0v) is 16.6. The topological polar surface area (TPSA) is 91.6 Å². The Bertz CT molecular complexity index is 1010. The molecule has 0 aliphatic carbocycles. The van der Waals surface area contributed by atoms with Gasteiger partial charge >= 0.3 is 12.0 Å². The van der Waals surface area contributed by atoms with Crippen LogP contribution < -0.4 is 5.32 Å². The minimum atomic E-state index is -1.25. The van der Waals surface area contributed by atoms with Crippen LogP contribution >= 0.6 is 15.9 Å². The van der Waals surface area contributed by atoms with Crippen LogP contribution in [0.1, 0.15) is 22.5 Å². The molecular weight excluding hydrogens is 414 g/mol. The molecule has 0 unspecified atom stereocenters. The van der Waals surface area contributed by atoms with Crippen LogP contribution in [0.3, 0.4) is 0 Å². The van der Waals surface area contributed by atoms with Gasteiger partial charge in [0.2, 0.25) is 0 Å². The van der Waals surface area contributed by atoms with Crippen molar-refractivity contribution < 1.29 is 19.5 Å². The lowest BCUT2D eigenvalue weighted by molar-refractivity contribution is -0.140. The van der Waals surface area contributed by atoms with E-state index < -0.39 is 24.5 Å². The van der Waals surface area contributed by atoms with Crippen molar-refractivity contribution in [1.29, 1.82) is 0 Å². The van der Waals surface area contributed by atoms with Gasteiger partial charge in [-0.2, -0.15) is 0 Å². The van der Waals surface area contributed by atoms with Gasteiger partial charge in [-0.05, 0) is 62.2 Å². The number of aliphatic carboxylic acids is 1. The van der Waals surface area contributed by atoms with E-state index in [-0.39, 0.29) is 5.70 Å². The predicted octanol–water partition coefficient (Wildman–Crippen LogP) is 3.14. The van der Waals surface area contributed by atoms with Gasteiger partial charge in [0.1, 0.15) is 12.2 Å². The molecule has 1 fully saturated rings. The van der Waals surface area contributed by atoms with Crippen molar-refractivity contribution >= 4 is 39.9 Å². The lowest BCUT2D eigenvalue weighted by Gasteiger charge is -2.11. The third-order valence-electron chi connectivity index (χ3n) is 4.43. The average molecular weight is 432 g/mol. The predicted molar refractivity (Wildman–Crippen MR) is 104 cm³/mol. The third-order valence-corrected chi connectivity index (χ3v) is 5.32. The molecule has 1 saturated heterocycles. The van der Waals surface area contributed by atoms with E-state index in [9.17, 15) is 14.4 Å². The number of halogens is 1. The number of rotatable bonds is 4. The number of nitrogens with one attached hydrogen (secondary N) is 1. The lowest BCUT2D eigenvalue weighted by atomic mass is 10.2. The first-order valence-corrected chi connectivity index (χ1v) is 9.00. The number of carbonyl (C=O) groups excluding carboxylic acids is 2. The summed E-state index contributed by atoms with van der Waals surface area (Å²) in [4.78, 5) is 35.7. The van der Waals surface area contributed by atoms with Crippen LogP contribution in [0.15, 0.2) is 34.4 Å². The Morgan fingerprint density at radius 1 is 1.22 bits per heavy atom. The van der Waals surface area contributed by atoms with E-state index in [1.807, 2.05) is 39.0 Å². The van der Waals surface area contributed by atoms with Gasteiger partial charge < -0.3 is 15.0 Å². The van der Waals surface area contributed by atoms with E-state index in [0.29, 0.717) is 4.90 Å². The smallest absolute Gasteiger partial charge is 0.329 e. The summed E-state index contributed by atoms with van der Waals surface area (Å²) >= 11 is 3.49. The summed E-state index contributed by atoms with van der Waals surface area (Å²) in [7, 11) is 0. The summed E-state index contributed by atoms with van der Waals surface area (Å²) in [6.45, 7) is 5.22. The van der Waals surface area contributed by atoms with Crippen LogP contribution in [0.2, 0.25) is 0 Å². The molecule has 0 radical (unpaired) electrons. The minimum Gasteiger partial charge on any atom is -0.480 e. The lowest BCUT2D eigenvalue weighted by Crippen LogP contribution is -2.35. The molecule has 0 saturated carbocycles. The van der Waals surface area contributed by atoms with E-state index in [1.165, 1.54) is 0 Å². The van der Waals surface area contributed by atoms with Crippen molar-refractivity contribution in [3.05, 3.63) is 56.9 Å². The van der Waals surface area contributed by atoms with Crippen LogP contribution in [0.4, 0.5) is 4.79 Å². The van der Waals surface area contributed by atoms with Gasteiger partial charge in [-0.25, -0.2) is 9.69 Å². The molecule has 2 aromatic rings. The number of benzene rings is 1. The molecule has 3 amide bonds. The molecule has 0 atom stereocenters.